The van der Waals surface area contributed by atoms with E-state index in [1.54, 1.807) is 0 Å². The number of aromatic amines is 1. The number of rotatable bonds is 3. The Morgan fingerprint density at radius 1 is 2.00 bits per heavy atom. The van der Waals surface area contributed by atoms with E-state index in [-0.39, 0.29) is 11.8 Å². The minimum Gasteiger partial charge on any atom is -0.493 e. The Labute approximate surface area is 83.9 Å². The molecule has 0 bridgehead atoms. The van der Waals surface area contributed by atoms with Crippen LogP contribution >= 0.6 is 11.8 Å². The zero-order valence-electron chi connectivity index (χ0n) is 12.8. The van der Waals surface area contributed by atoms with Gasteiger partial charge in [0.2, 0.25) is 5.88 Å². The van der Waals surface area contributed by atoms with E-state index in [1.165, 1.54) is 0 Å². The van der Waals surface area contributed by atoms with E-state index in [1.807, 2.05) is 0 Å². The molecular weight excluding hydrogens is 176 g/mol. The Hall–Kier alpha value is -0.970. The van der Waals surface area contributed by atoms with Crippen molar-refractivity contribution in [3.05, 3.63) is 16.4 Å². The Kier molecular flexibility index (Phi) is 1.18. The fourth-order valence-corrected chi connectivity index (χ4v) is 0.984. The lowest BCUT2D eigenvalue weighted by molar-refractivity contribution is 0.444. The summed E-state index contributed by atoms with van der Waals surface area (Å²) in [6.07, 6.45) is -3.17. The molecule has 1 aromatic heterocycles. The van der Waals surface area contributed by atoms with Gasteiger partial charge in [-0.3, -0.25) is 4.79 Å². The van der Waals surface area contributed by atoms with Crippen LogP contribution in [0.15, 0.2) is 16.0 Å². The topological polar surface area (TPSA) is 66.0 Å². The van der Waals surface area contributed by atoms with Gasteiger partial charge in [0, 0.05) is 15.3 Å². The predicted molar refractivity (Wildman–Crippen MR) is 47.5 cm³/mol. The first kappa shape index (κ1) is 3.41. The van der Waals surface area contributed by atoms with Crippen LogP contribution < -0.4 is 5.56 Å². The molecule has 0 fully saturated rings. The average Bonchev–Trinajstić information content (AvgIpc) is 2.12. The van der Waals surface area contributed by atoms with Gasteiger partial charge in [0.05, 0.1) is 6.07 Å². The number of aromatic hydroxyl groups is 1. The van der Waals surface area contributed by atoms with Crippen molar-refractivity contribution in [3.8, 4) is 5.88 Å². The number of aromatic nitrogens is 2. The van der Waals surface area contributed by atoms with Crippen molar-refractivity contribution < 1.29 is 14.7 Å². The number of nitrogens with one attached hydrogen (secondary N) is 1. The third-order valence-corrected chi connectivity index (χ3v) is 1.50. The molecule has 2 N–H and O–H groups in total. The molecule has 1 heterocycles. The molecule has 0 radical (unpaired) electrons. The van der Waals surface area contributed by atoms with E-state index in [0.29, 0.717) is 0 Å². The van der Waals surface area contributed by atoms with E-state index >= 15 is 0 Å². The van der Waals surface area contributed by atoms with Crippen molar-refractivity contribution in [3.63, 3.8) is 0 Å². The molecule has 4 nitrogen and oxygen atoms in total. The van der Waals surface area contributed by atoms with Crippen molar-refractivity contribution in [2.24, 2.45) is 0 Å². The molecule has 12 heavy (non-hydrogen) atoms. The number of hydrogen-bond donors (Lipinski definition) is 2. The van der Waals surface area contributed by atoms with Gasteiger partial charge in [-0.15, -0.1) is 0 Å². The molecular formula is C7H10N2O2S. The fourth-order valence-electron chi connectivity index (χ4n) is 0.545. The highest BCUT2D eigenvalue weighted by atomic mass is 32.2. The van der Waals surface area contributed by atoms with Gasteiger partial charge in [0.15, 0.2) is 5.16 Å². The van der Waals surface area contributed by atoms with Gasteiger partial charge in [-0.2, -0.15) is 4.98 Å². The Morgan fingerprint density at radius 3 is 3.50 bits per heavy atom. The second-order valence-electron chi connectivity index (χ2n) is 1.74. The van der Waals surface area contributed by atoms with Crippen LogP contribution in [0.25, 0.3) is 0 Å². The summed E-state index contributed by atoms with van der Waals surface area (Å²) in [6, 6.07) is 0.748. The maximum absolute atomic E-state index is 11.0. The number of thioether (sulfide) groups is 1. The summed E-state index contributed by atoms with van der Waals surface area (Å²) in [5.74, 6) is -0.670. The molecule has 66 valence electrons. The molecule has 0 unspecified atom stereocenters. The Bertz CT molecular complexity index is 527. The first-order valence-corrected chi connectivity index (χ1v) is 3.68. The highest BCUT2D eigenvalue weighted by Gasteiger charge is 1.98. The molecule has 1 rings (SSSR count). The SMILES string of the molecule is [2H]C([2H])([2H])C([2H])([2H])C([2H])([2H])Sc1nc(O)cc(=O)[nH]1. The molecule has 0 aliphatic carbocycles. The minimum atomic E-state index is -3.19. The van der Waals surface area contributed by atoms with Crippen LogP contribution in [-0.2, 0) is 0 Å². The van der Waals surface area contributed by atoms with Gasteiger partial charge >= 0.3 is 0 Å². The van der Waals surface area contributed by atoms with E-state index in [9.17, 15) is 4.79 Å². The van der Waals surface area contributed by atoms with Crippen LogP contribution in [0.1, 0.15) is 22.8 Å². The largest absolute Gasteiger partial charge is 0.493 e. The van der Waals surface area contributed by atoms with Gasteiger partial charge in [-0.1, -0.05) is 18.6 Å². The monoisotopic (exact) mass is 193 g/mol. The van der Waals surface area contributed by atoms with E-state index in [2.05, 4.69) is 9.97 Å². The highest BCUT2D eigenvalue weighted by Crippen LogP contribution is 2.13. The molecule has 1 aromatic rings. The van der Waals surface area contributed by atoms with Crippen LogP contribution in [-0.4, -0.2) is 20.8 Å². The maximum atomic E-state index is 11.0. The summed E-state index contributed by atoms with van der Waals surface area (Å²) < 4.78 is 50.8. The standard InChI is InChI=1S/C7H10N2O2S/c1-2-3-12-7-8-5(10)4-6(11)9-7/h4H,2-3H2,1H3,(H2,8,9,10,11)/i1D3,2D2,3D2. The molecule has 0 aliphatic heterocycles. The molecule has 0 saturated carbocycles. The van der Waals surface area contributed by atoms with Crippen molar-refractivity contribution in [1.29, 1.82) is 0 Å². The number of H-pyrrole nitrogens is 1. The molecule has 0 aromatic carbocycles. The molecule has 0 spiro atoms. The van der Waals surface area contributed by atoms with Crippen molar-refractivity contribution in [2.45, 2.75) is 18.4 Å². The predicted octanol–water partition coefficient (Wildman–Crippen LogP) is 0.978. The first-order chi connectivity index (χ1) is 8.37. The van der Waals surface area contributed by atoms with Crippen LogP contribution in [0.5, 0.6) is 5.88 Å². The zero-order valence-corrected chi connectivity index (χ0v) is 6.60. The summed E-state index contributed by atoms with van der Waals surface area (Å²) in [5, 5.41) is 8.67. The van der Waals surface area contributed by atoms with E-state index in [4.69, 9.17) is 14.7 Å². The normalized spacial score (nSPS) is 22.2. The molecule has 5 heteroatoms. The Morgan fingerprint density at radius 2 is 2.83 bits per heavy atom. The molecule has 0 aliphatic rings. The van der Waals surface area contributed by atoms with Gasteiger partial charge in [-0.05, 0) is 6.37 Å². The summed E-state index contributed by atoms with van der Waals surface area (Å²) in [5.41, 5.74) is -3.65. The van der Waals surface area contributed by atoms with Gasteiger partial charge in [0.1, 0.15) is 0 Å². The summed E-state index contributed by atoms with van der Waals surface area (Å²) >= 11 is 0.0797. The first-order valence-electron chi connectivity index (χ1n) is 6.36. The third-order valence-electron chi connectivity index (χ3n) is 0.905. The fraction of sp³-hybridized carbons (Fsp3) is 0.429. The quantitative estimate of drug-likeness (QED) is 0.554. The summed E-state index contributed by atoms with van der Waals surface area (Å²) in [4.78, 5) is 16.5. The van der Waals surface area contributed by atoms with Gasteiger partial charge in [-0.25, -0.2) is 0 Å². The lowest BCUT2D eigenvalue weighted by atomic mass is 10.6. The van der Waals surface area contributed by atoms with Crippen LogP contribution in [0.3, 0.4) is 0 Å². The zero-order chi connectivity index (χ0) is 15.1. The third kappa shape index (κ3) is 2.58. The molecule has 0 atom stereocenters. The van der Waals surface area contributed by atoms with Crippen molar-refractivity contribution in [2.75, 3.05) is 5.70 Å². The minimum absolute atomic E-state index is 0.0797. The Balaban J connectivity index is 3.12. The second-order valence-corrected chi connectivity index (χ2v) is 2.53. The molecule has 0 saturated heterocycles. The molecule has 0 amide bonds. The van der Waals surface area contributed by atoms with Gasteiger partial charge < -0.3 is 10.1 Å². The van der Waals surface area contributed by atoms with Crippen LogP contribution in [0.2, 0.25) is 0 Å². The lowest BCUT2D eigenvalue weighted by Crippen LogP contribution is -2.06. The average molecular weight is 193 g/mol. The van der Waals surface area contributed by atoms with Crippen LogP contribution in [0, 0.1) is 0 Å². The maximum Gasteiger partial charge on any atom is 0.255 e. The summed E-state index contributed by atoms with van der Waals surface area (Å²) in [6.45, 7) is -3.19. The highest BCUT2D eigenvalue weighted by molar-refractivity contribution is 7.99. The van der Waals surface area contributed by atoms with E-state index < -0.39 is 35.5 Å². The number of nitrogens with zero attached hydrogens (tertiary/aromatic N) is 1. The van der Waals surface area contributed by atoms with E-state index in [0.717, 1.165) is 6.07 Å². The van der Waals surface area contributed by atoms with Crippen molar-refractivity contribution >= 4 is 11.8 Å². The second kappa shape index (κ2) is 4.15. The smallest absolute Gasteiger partial charge is 0.255 e. The lowest BCUT2D eigenvalue weighted by Gasteiger charge is -1.97. The van der Waals surface area contributed by atoms with Crippen LogP contribution in [0.4, 0.5) is 0 Å². The van der Waals surface area contributed by atoms with Crippen molar-refractivity contribution in [1.82, 2.24) is 9.97 Å². The van der Waals surface area contributed by atoms with Gasteiger partial charge in [0.25, 0.3) is 5.56 Å². The summed E-state index contributed by atoms with van der Waals surface area (Å²) in [7, 11) is 0. The number of hydrogen-bond acceptors (Lipinski definition) is 4.